The van der Waals surface area contributed by atoms with Crippen molar-refractivity contribution in [2.24, 2.45) is 0 Å². The molecular weight excluding hydrogens is 440 g/mol. The molecule has 0 unspecified atom stereocenters. The number of halogens is 1. The molecule has 1 N–H and O–H groups in total. The maximum Gasteiger partial charge on any atom is 0.338 e. The van der Waals surface area contributed by atoms with Crippen LogP contribution in [-0.4, -0.2) is 36.7 Å². The van der Waals surface area contributed by atoms with Crippen LogP contribution >= 0.6 is 11.6 Å². The first kappa shape index (κ1) is 24.6. The van der Waals surface area contributed by atoms with Gasteiger partial charge in [-0.25, -0.2) is 9.59 Å². The molecule has 1 heterocycles. The fraction of sp³-hybridized carbons (Fsp3) is 0.385. The average Bonchev–Trinajstić information content (AvgIpc) is 2.77. The molecule has 1 atom stereocenters. The predicted molar refractivity (Wildman–Crippen MR) is 129 cm³/mol. The second-order valence-electron chi connectivity index (χ2n) is 8.80. The molecule has 0 aromatic heterocycles. The Labute approximate surface area is 200 Å². The number of likely N-dealkylation sites (N-methyl/N-ethyl adjacent to an activating group) is 1. The summed E-state index contributed by atoms with van der Waals surface area (Å²) in [7, 11) is 0. The van der Waals surface area contributed by atoms with Crippen LogP contribution in [0.1, 0.15) is 51.8 Å². The summed E-state index contributed by atoms with van der Waals surface area (Å²) in [5.74, 6) is -0.0124. The Bertz CT molecular complexity index is 1040. The molecule has 0 spiro atoms. The molecule has 2 amide bonds. The maximum atomic E-state index is 13.1. The average molecular weight is 471 g/mol. The molecule has 6 nitrogen and oxygen atoms in total. The number of esters is 1. The van der Waals surface area contributed by atoms with Gasteiger partial charge in [0.25, 0.3) is 0 Å². The van der Waals surface area contributed by atoms with E-state index in [4.69, 9.17) is 21.1 Å². The molecule has 0 radical (unpaired) electrons. The lowest BCUT2D eigenvalue weighted by molar-refractivity contribution is -0.139. The minimum atomic E-state index is -0.654. The second-order valence-corrected chi connectivity index (χ2v) is 9.21. The Morgan fingerprint density at radius 1 is 1.09 bits per heavy atom. The van der Waals surface area contributed by atoms with Crippen LogP contribution in [0.3, 0.4) is 0 Å². The zero-order chi connectivity index (χ0) is 24.2. The van der Waals surface area contributed by atoms with Crippen molar-refractivity contribution in [2.45, 2.75) is 46.1 Å². The molecule has 0 bridgehead atoms. The largest absolute Gasteiger partial charge is 0.486 e. The van der Waals surface area contributed by atoms with Crippen LogP contribution in [-0.2, 0) is 14.9 Å². The predicted octanol–water partition coefficient (Wildman–Crippen LogP) is 5.62. The maximum absolute atomic E-state index is 13.1. The van der Waals surface area contributed by atoms with E-state index >= 15 is 0 Å². The number of benzene rings is 2. The Morgan fingerprint density at radius 2 is 1.76 bits per heavy atom. The van der Waals surface area contributed by atoms with E-state index in [0.29, 0.717) is 28.6 Å². The molecule has 0 saturated heterocycles. The number of hydrogen-bond acceptors (Lipinski definition) is 4. The smallest absolute Gasteiger partial charge is 0.338 e. The van der Waals surface area contributed by atoms with E-state index in [0.717, 1.165) is 11.1 Å². The molecular formula is C26H31ClN2O4. The van der Waals surface area contributed by atoms with Crippen molar-refractivity contribution < 1.29 is 19.1 Å². The third kappa shape index (κ3) is 5.50. The molecule has 176 valence electrons. The van der Waals surface area contributed by atoms with Crippen LogP contribution < -0.4 is 10.1 Å². The molecule has 0 aliphatic carbocycles. The van der Waals surface area contributed by atoms with Gasteiger partial charge >= 0.3 is 12.0 Å². The molecule has 0 fully saturated rings. The van der Waals surface area contributed by atoms with Crippen molar-refractivity contribution in [3.8, 4) is 5.75 Å². The van der Waals surface area contributed by atoms with Gasteiger partial charge < -0.3 is 14.8 Å². The van der Waals surface area contributed by atoms with E-state index in [1.807, 2.05) is 43.3 Å². The molecule has 3 rings (SSSR count). The van der Waals surface area contributed by atoms with E-state index < -0.39 is 12.0 Å². The molecule has 33 heavy (non-hydrogen) atoms. The van der Waals surface area contributed by atoms with Crippen molar-refractivity contribution in [1.29, 1.82) is 0 Å². The normalized spacial score (nSPS) is 16.5. The lowest BCUT2D eigenvalue weighted by atomic mass is 9.85. The van der Waals surface area contributed by atoms with Gasteiger partial charge in [-0.15, -0.1) is 0 Å². The number of para-hydroxylation sites is 1. The fourth-order valence-electron chi connectivity index (χ4n) is 3.78. The Morgan fingerprint density at radius 3 is 2.33 bits per heavy atom. The number of rotatable bonds is 7. The van der Waals surface area contributed by atoms with Crippen molar-refractivity contribution in [1.82, 2.24) is 10.2 Å². The summed E-state index contributed by atoms with van der Waals surface area (Å²) in [6, 6.07) is 14.1. The highest BCUT2D eigenvalue weighted by Crippen LogP contribution is 2.34. The lowest BCUT2D eigenvalue weighted by Gasteiger charge is -2.36. The Balaban J connectivity index is 2.07. The summed E-state index contributed by atoms with van der Waals surface area (Å²) >= 11 is 6.24. The van der Waals surface area contributed by atoms with Crippen LogP contribution in [0.15, 0.2) is 59.8 Å². The van der Waals surface area contributed by atoms with Gasteiger partial charge in [-0.3, -0.25) is 4.90 Å². The van der Waals surface area contributed by atoms with Gasteiger partial charge in [0, 0.05) is 6.54 Å². The fourth-order valence-corrected chi connectivity index (χ4v) is 3.97. The van der Waals surface area contributed by atoms with Gasteiger partial charge in [-0.2, -0.15) is 0 Å². The van der Waals surface area contributed by atoms with Gasteiger partial charge in [0.2, 0.25) is 0 Å². The standard InChI is InChI=1S/C26H31ClN2O4/c1-6-29-20(16-33-21-11-9-8-10-19(21)27)22(24(30)32-7-2)23(28-25(29)31)17-12-14-18(15-13-17)26(3,4)5/h8-15,23H,6-7,16H2,1-5H3,(H,28,31)/t23-/m1/s1. The van der Waals surface area contributed by atoms with Crippen molar-refractivity contribution in [3.05, 3.63) is 76.0 Å². The van der Waals surface area contributed by atoms with Crippen LogP contribution in [0.4, 0.5) is 4.79 Å². The minimum Gasteiger partial charge on any atom is -0.486 e. The number of amides is 2. The van der Waals surface area contributed by atoms with Gasteiger partial charge in [0.05, 0.1) is 28.9 Å². The molecule has 7 heteroatoms. The summed E-state index contributed by atoms with van der Waals surface area (Å²) in [5, 5.41) is 3.42. The van der Waals surface area contributed by atoms with Crippen LogP contribution in [0.5, 0.6) is 5.75 Å². The van der Waals surface area contributed by atoms with E-state index in [1.54, 1.807) is 19.1 Å². The number of ether oxygens (including phenoxy) is 2. The highest BCUT2D eigenvalue weighted by atomic mass is 35.5. The number of carbonyl (C=O) groups is 2. The van der Waals surface area contributed by atoms with Crippen LogP contribution in [0.25, 0.3) is 0 Å². The summed E-state index contributed by atoms with van der Waals surface area (Å²) < 4.78 is 11.3. The summed E-state index contributed by atoms with van der Waals surface area (Å²) in [5.41, 5.74) is 2.76. The highest BCUT2D eigenvalue weighted by Gasteiger charge is 2.38. The first-order chi connectivity index (χ1) is 15.7. The van der Waals surface area contributed by atoms with Crippen molar-refractivity contribution >= 4 is 23.6 Å². The minimum absolute atomic E-state index is 0.00425. The Kier molecular flexibility index (Phi) is 7.69. The van der Waals surface area contributed by atoms with Crippen LogP contribution in [0.2, 0.25) is 5.02 Å². The topological polar surface area (TPSA) is 67.9 Å². The van der Waals surface area contributed by atoms with E-state index in [1.165, 1.54) is 4.90 Å². The summed E-state index contributed by atoms with van der Waals surface area (Å²) in [4.78, 5) is 27.6. The highest BCUT2D eigenvalue weighted by molar-refractivity contribution is 6.32. The zero-order valence-electron chi connectivity index (χ0n) is 19.8. The number of urea groups is 1. The number of nitrogens with zero attached hydrogens (tertiary/aromatic N) is 1. The van der Waals surface area contributed by atoms with Gasteiger partial charge in [-0.05, 0) is 42.5 Å². The van der Waals surface area contributed by atoms with Gasteiger partial charge in [0.15, 0.2) is 0 Å². The number of nitrogens with one attached hydrogen (secondary N) is 1. The first-order valence-electron chi connectivity index (χ1n) is 11.1. The van der Waals surface area contributed by atoms with E-state index in [2.05, 4.69) is 26.1 Å². The third-order valence-corrected chi connectivity index (χ3v) is 5.87. The van der Waals surface area contributed by atoms with E-state index in [9.17, 15) is 9.59 Å². The van der Waals surface area contributed by atoms with Gasteiger partial charge in [-0.1, -0.05) is 68.8 Å². The molecule has 0 saturated carbocycles. The van der Waals surface area contributed by atoms with Crippen molar-refractivity contribution in [3.63, 3.8) is 0 Å². The monoisotopic (exact) mass is 470 g/mol. The number of carbonyl (C=O) groups excluding carboxylic acids is 2. The SMILES string of the molecule is CCOC(=O)C1=C(COc2ccccc2Cl)N(CC)C(=O)N[C@@H]1c1ccc(C(C)(C)C)cc1. The quantitative estimate of drug-likeness (QED) is 0.533. The first-order valence-corrected chi connectivity index (χ1v) is 11.5. The van der Waals surface area contributed by atoms with Crippen LogP contribution in [0, 0.1) is 0 Å². The van der Waals surface area contributed by atoms with Gasteiger partial charge in [0.1, 0.15) is 12.4 Å². The third-order valence-electron chi connectivity index (χ3n) is 5.56. The summed E-state index contributed by atoms with van der Waals surface area (Å²) in [6.45, 7) is 10.6. The zero-order valence-corrected chi connectivity index (χ0v) is 20.5. The Hall–Kier alpha value is -2.99. The van der Waals surface area contributed by atoms with Crippen molar-refractivity contribution in [2.75, 3.05) is 19.8 Å². The lowest BCUT2D eigenvalue weighted by Crippen LogP contribution is -2.49. The molecule has 2 aromatic carbocycles. The summed E-state index contributed by atoms with van der Waals surface area (Å²) in [6.07, 6.45) is 0. The molecule has 1 aliphatic rings. The molecule has 1 aliphatic heterocycles. The number of hydrogen-bond donors (Lipinski definition) is 1. The second kappa shape index (κ2) is 10.3. The van der Waals surface area contributed by atoms with E-state index in [-0.39, 0.29) is 24.7 Å². The molecule has 2 aromatic rings.